The summed E-state index contributed by atoms with van der Waals surface area (Å²) in [5.74, 6) is 0. The van der Waals surface area contributed by atoms with Crippen LogP contribution in [0.25, 0.3) is 109 Å². The molecular formula is C65H43N. The Labute approximate surface area is 384 Å². The Morgan fingerprint density at radius 2 is 0.652 bits per heavy atom. The van der Waals surface area contributed by atoms with Crippen molar-refractivity contribution < 1.29 is 0 Å². The number of hydrogen-bond acceptors (Lipinski definition) is 1. The second kappa shape index (κ2) is 13.9. The summed E-state index contributed by atoms with van der Waals surface area (Å²) in [5, 5.41) is 15.7. The van der Waals surface area contributed by atoms with E-state index in [0.717, 1.165) is 17.1 Å². The molecule has 0 bridgehead atoms. The summed E-state index contributed by atoms with van der Waals surface area (Å²) in [6, 6.07) is 84.0. The lowest BCUT2D eigenvalue weighted by Crippen LogP contribution is -2.14. The van der Waals surface area contributed by atoms with Crippen LogP contribution in [-0.4, -0.2) is 0 Å². The van der Waals surface area contributed by atoms with Gasteiger partial charge in [-0.15, -0.1) is 0 Å². The van der Waals surface area contributed by atoms with Gasteiger partial charge in [0.25, 0.3) is 0 Å². The maximum absolute atomic E-state index is 2.41. The Balaban J connectivity index is 0.868. The molecular weight excluding hydrogens is 795 g/mol. The van der Waals surface area contributed by atoms with Gasteiger partial charge in [0.05, 0.1) is 0 Å². The summed E-state index contributed by atoms with van der Waals surface area (Å²) in [6.45, 7) is 4.71. The van der Waals surface area contributed by atoms with Crippen LogP contribution in [0.5, 0.6) is 0 Å². The van der Waals surface area contributed by atoms with E-state index < -0.39 is 0 Å². The molecule has 0 saturated heterocycles. The molecule has 13 aromatic rings. The van der Waals surface area contributed by atoms with E-state index >= 15 is 0 Å². The van der Waals surface area contributed by atoms with Crippen molar-refractivity contribution in [2.75, 3.05) is 4.90 Å². The predicted molar refractivity (Wildman–Crippen MR) is 282 cm³/mol. The van der Waals surface area contributed by atoms with E-state index in [4.69, 9.17) is 0 Å². The molecule has 1 aliphatic rings. The van der Waals surface area contributed by atoms with Crippen LogP contribution in [0.1, 0.15) is 25.0 Å². The van der Waals surface area contributed by atoms with E-state index in [9.17, 15) is 0 Å². The molecule has 66 heavy (non-hydrogen) atoms. The average Bonchev–Trinajstić information content (AvgIpc) is 3.60. The lowest BCUT2D eigenvalue weighted by atomic mass is 9.81. The van der Waals surface area contributed by atoms with Crippen LogP contribution in [0, 0.1) is 0 Å². The lowest BCUT2D eigenvalue weighted by Gasteiger charge is -2.26. The molecule has 1 aliphatic carbocycles. The molecule has 0 saturated carbocycles. The minimum absolute atomic E-state index is 0.0494. The molecule has 0 amide bonds. The number of fused-ring (bicyclic) bond motifs is 3. The first-order chi connectivity index (χ1) is 32.5. The Bertz CT molecular complexity index is 3820. The largest absolute Gasteiger partial charge is 0.311 e. The highest BCUT2D eigenvalue weighted by Gasteiger charge is 2.35. The topological polar surface area (TPSA) is 3.24 Å². The Kier molecular flexibility index (Phi) is 7.81. The van der Waals surface area contributed by atoms with Gasteiger partial charge in [-0.1, -0.05) is 196 Å². The molecule has 0 heterocycles. The zero-order valence-electron chi connectivity index (χ0n) is 36.8. The molecule has 0 fully saturated rings. The molecule has 0 radical (unpaired) electrons. The molecule has 0 aromatic heterocycles. The number of rotatable bonds is 6. The van der Waals surface area contributed by atoms with Crippen molar-refractivity contribution in [1.29, 1.82) is 0 Å². The second-order valence-electron chi connectivity index (χ2n) is 18.8. The zero-order valence-corrected chi connectivity index (χ0v) is 36.8. The van der Waals surface area contributed by atoms with E-state index in [1.165, 1.54) is 120 Å². The van der Waals surface area contributed by atoms with Gasteiger partial charge >= 0.3 is 0 Å². The molecule has 1 heteroatoms. The number of nitrogens with zero attached hydrogens (tertiary/aromatic N) is 1. The summed E-state index contributed by atoms with van der Waals surface area (Å²) in [6.07, 6.45) is 0. The Hall–Kier alpha value is -8.26. The monoisotopic (exact) mass is 837 g/mol. The first-order valence-corrected chi connectivity index (χ1v) is 23.2. The van der Waals surface area contributed by atoms with Crippen molar-refractivity contribution in [2.45, 2.75) is 19.3 Å². The summed E-state index contributed by atoms with van der Waals surface area (Å²) in [4.78, 5) is 2.40. The zero-order chi connectivity index (χ0) is 43.7. The fourth-order valence-electron chi connectivity index (χ4n) is 11.7. The van der Waals surface area contributed by atoms with Crippen molar-refractivity contribution in [2.24, 2.45) is 0 Å². The summed E-state index contributed by atoms with van der Waals surface area (Å²) < 4.78 is 0. The fourth-order valence-corrected chi connectivity index (χ4v) is 11.7. The number of benzene rings is 13. The molecule has 0 aliphatic heterocycles. The molecule has 0 unspecified atom stereocenters. The van der Waals surface area contributed by atoms with Gasteiger partial charge < -0.3 is 4.90 Å². The summed E-state index contributed by atoms with van der Waals surface area (Å²) in [7, 11) is 0. The molecule has 14 rings (SSSR count). The van der Waals surface area contributed by atoms with Crippen LogP contribution in [-0.2, 0) is 5.41 Å². The van der Waals surface area contributed by atoms with Crippen molar-refractivity contribution in [3.63, 3.8) is 0 Å². The first-order valence-electron chi connectivity index (χ1n) is 23.2. The van der Waals surface area contributed by atoms with Gasteiger partial charge in [0.2, 0.25) is 0 Å². The maximum atomic E-state index is 2.41. The quantitative estimate of drug-likeness (QED) is 0.151. The maximum Gasteiger partial charge on any atom is 0.0462 e. The average molecular weight is 838 g/mol. The highest BCUT2D eigenvalue weighted by Crippen LogP contribution is 2.50. The van der Waals surface area contributed by atoms with Crippen LogP contribution in [0.4, 0.5) is 17.1 Å². The van der Waals surface area contributed by atoms with E-state index in [1.54, 1.807) is 0 Å². The Morgan fingerprint density at radius 1 is 0.273 bits per heavy atom. The van der Waals surface area contributed by atoms with E-state index in [2.05, 4.69) is 243 Å². The predicted octanol–water partition coefficient (Wildman–Crippen LogP) is 18.3. The van der Waals surface area contributed by atoms with E-state index in [0.29, 0.717) is 0 Å². The molecule has 0 atom stereocenters. The highest BCUT2D eigenvalue weighted by atomic mass is 15.1. The third-order valence-electron chi connectivity index (χ3n) is 15.0. The molecule has 308 valence electrons. The second-order valence-corrected chi connectivity index (χ2v) is 18.8. The van der Waals surface area contributed by atoms with Crippen LogP contribution >= 0.6 is 0 Å². The van der Waals surface area contributed by atoms with Gasteiger partial charge in [-0.2, -0.15) is 0 Å². The van der Waals surface area contributed by atoms with E-state index in [1.807, 2.05) is 0 Å². The van der Waals surface area contributed by atoms with Crippen molar-refractivity contribution in [1.82, 2.24) is 0 Å². The van der Waals surface area contributed by atoms with Crippen LogP contribution in [0.3, 0.4) is 0 Å². The highest BCUT2D eigenvalue weighted by molar-refractivity contribution is 6.26. The summed E-state index contributed by atoms with van der Waals surface area (Å²) >= 11 is 0. The normalized spacial score (nSPS) is 13.1. The molecule has 0 spiro atoms. The van der Waals surface area contributed by atoms with E-state index in [-0.39, 0.29) is 5.41 Å². The van der Waals surface area contributed by atoms with Crippen LogP contribution < -0.4 is 4.90 Å². The first kappa shape index (κ1) is 37.1. The van der Waals surface area contributed by atoms with Crippen molar-refractivity contribution in [3.8, 4) is 44.5 Å². The van der Waals surface area contributed by atoms with Gasteiger partial charge in [-0.25, -0.2) is 0 Å². The van der Waals surface area contributed by atoms with Crippen molar-refractivity contribution >= 4 is 81.7 Å². The standard InChI is InChI=1S/C65H43N/c1-65(2)59-12-4-3-11-55(59)56-36-27-49(39-60(56)65)40-17-28-50(29-18-40)66(51-30-19-41(20-31-51)53-34-23-47-15-13-43-7-5-9-45-25-37-57(53)63(47)61(43)45)52-32-21-42(22-33-52)54-35-24-48-16-14-44-8-6-10-46-26-38-58(54)64(48)62(44)46/h3-39H,1-2H3. The van der Waals surface area contributed by atoms with Crippen LogP contribution in [0.2, 0.25) is 0 Å². The third-order valence-corrected chi connectivity index (χ3v) is 15.0. The number of hydrogen-bond donors (Lipinski definition) is 0. The van der Waals surface area contributed by atoms with Crippen LogP contribution in [0.15, 0.2) is 224 Å². The van der Waals surface area contributed by atoms with Gasteiger partial charge in [0, 0.05) is 22.5 Å². The Morgan fingerprint density at radius 3 is 1.15 bits per heavy atom. The smallest absolute Gasteiger partial charge is 0.0462 e. The minimum atomic E-state index is -0.0494. The SMILES string of the molecule is CC1(C)c2ccccc2-c2ccc(-c3ccc(N(c4ccc(-c5ccc6ccc7cccc8ccc5c6c78)cc4)c4ccc(-c5ccc6ccc7cccc8ccc5c6c78)cc4)cc3)cc21. The summed E-state index contributed by atoms with van der Waals surface area (Å²) in [5.41, 5.74) is 16.1. The van der Waals surface area contributed by atoms with Gasteiger partial charge in [-0.3, -0.25) is 0 Å². The molecule has 1 nitrogen and oxygen atoms in total. The van der Waals surface area contributed by atoms with Gasteiger partial charge in [0.15, 0.2) is 0 Å². The molecule has 0 N–H and O–H groups in total. The fraction of sp³-hybridized carbons (Fsp3) is 0.0462. The van der Waals surface area contributed by atoms with Gasteiger partial charge in [-0.05, 0) is 163 Å². The van der Waals surface area contributed by atoms with Gasteiger partial charge in [0.1, 0.15) is 0 Å². The number of anilines is 3. The minimum Gasteiger partial charge on any atom is -0.311 e. The lowest BCUT2D eigenvalue weighted by molar-refractivity contribution is 0.660. The molecule has 13 aromatic carbocycles. The van der Waals surface area contributed by atoms with Crippen molar-refractivity contribution in [3.05, 3.63) is 236 Å². The third kappa shape index (κ3) is 5.41.